The van der Waals surface area contributed by atoms with E-state index in [1.54, 1.807) is 7.11 Å². The van der Waals surface area contributed by atoms with Gasteiger partial charge in [0, 0.05) is 26.1 Å². The summed E-state index contributed by atoms with van der Waals surface area (Å²) in [6.45, 7) is 6.90. The minimum Gasteiger partial charge on any atom is -0.493 e. The molecule has 1 aromatic carbocycles. The monoisotopic (exact) mass is 249 g/mol. The van der Waals surface area contributed by atoms with Gasteiger partial charge in [0.1, 0.15) is 5.75 Å². The summed E-state index contributed by atoms with van der Waals surface area (Å²) in [6.07, 6.45) is 1.04. The summed E-state index contributed by atoms with van der Waals surface area (Å²) >= 11 is 0. The molecule has 0 bridgehead atoms. The molecule has 0 aliphatic carbocycles. The molecule has 0 amide bonds. The van der Waals surface area contributed by atoms with Gasteiger partial charge in [-0.3, -0.25) is 0 Å². The smallest absolute Gasteiger partial charge is 0.122 e. The number of hydrogen-bond acceptors (Lipinski definition) is 3. The molecule has 0 spiro atoms. The Morgan fingerprint density at radius 2 is 2.22 bits per heavy atom. The van der Waals surface area contributed by atoms with Crippen molar-refractivity contribution in [2.24, 2.45) is 5.92 Å². The summed E-state index contributed by atoms with van der Waals surface area (Å²) in [5, 5.41) is 3.56. The summed E-state index contributed by atoms with van der Waals surface area (Å²) in [7, 11) is 1.75. The Kier molecular flexibility index (Phi) is 4.61. The van der Waals surface area contributed by atoms with Crippen LogP contribution in [0.5, 0.6) is 5.75 Å². The number of fused-ring (bicyclic) bond motifs is 1. The van der Waals surface area contributed by atoms with Gasteiger partial charge in [0.2, 0.25) is 0 Å². The lowest BCUT2D eigenvalue weighted by Gasteiger charge is -2.21. The number of rotatable bonds is 6. The van der Waals surface area contributed by atoms with Crippen LogP contribution in [0.25, 0.3) is 0 Å². The van der Waals surface area contributed by atoms with E-state index in [0.717, 1.165) is 31.9 Å². The van der Waals surface area contributed by atoms with Crippen LogP contribution in [0.2, 0.25) is 0 Å². The van der Waals surface area contributed by atoms with Crippen LogP contribution in [0, 0.1) is 5.92 Å². The van der Waals surface area contributed by atoms with Crippen molar-refractivity contribution < 1.29 is 9.47 Å². The summed E-state index contributed by atoms with van der Waals surface area (Å²) in [4.78, 5) is 0. The maximum atomic E-state index is 5.52. The quantitative estimate of drug-likeness (QED) is 0.839. The van der Waals surface area contributed by atoms with Gasteiger partial charge >= 0.3 is 0 Å². The lowest BCUT2D eigenvalue weighted by atomic mass is 10.0. The van der Waals surface area contributed by atoms with Crippen LogP contribution in [-0.4, -0.2) is 26.4 Å². The van der Waals surface area contributed by atoms with Crippen LogP contribution < -0.4 is 10.1 Å². The van der Waals surface area contributed by atoms with E-state index in [4.69, 9.17) is 9.47 Å². The molecule has 0 fully saturated rings. The SMILES string of the molecule is COCC(NCc1ccc2c(c1)CCO2)C(C)C. The Hall–Kier alpha value is -1.06. The molecular weight excluding hydrogens is 226 g/mol. The van der Waals surface area contributed by atoms with Crippen molar-refractivity contribution in [2.45, 2.75) is 32.9 Å². The molecule has 1 heterocycles. The van der Waals surface area contributed by atoms with Crippen LogP contribution in [0.15, 0.2) is 18.2 Å². The molecule has 18 heavy (non-hydrogen) atoms. The van der Waals surface area contributed by atoms with E-state index in [1.165, 1.54) is 11.1 Å². The maximum Gasteiger partial charge on any atom is 0.122 e. The second-order valence-corrected chi connectivity index (χ2v) is 5.23. The second kappa shape index (κ2) is 6.21. The standard InChI is InChI=1S/C15H23NO2/c1-11(2)14(10-17-3)16-9-12-4-5-15-13(8-12)6-7-18-15/h4-5,8,11,14,16H,6-7,9-10H2,1-3H3. The lowest BCUT2D eigenvalue weighted by molar-refractivity contribution is 0.146. The van der Waals surface area contributed by atoms with Crippen molar-refractivity contribution in [3.05, 3.63) is 29.3 Å². The third kappa shape index (κ3) is 3.24. The van der Waals surface area contributed by atoms with Crippen molar-refractivity contribution in [2.75, 3.05) is 20.3 Å². The van der Waals surface area contributed by atoms with Crippen LogP contribution >= 0.6 is 0 Å². The molecule has 1 atom stereocenters. The molecule has 3 heteroatoms. The molecule has 1 unspecified atom stereocenters. The van der Waals surface area contributed by atoms with Gasteiger partial charge in [-0.05, 0) is 23.1 Å². The van der Waals surface area contributed by atoms with Crippen LogP contribution in [0.1, 0.15) is 25.0 Å². The molecule has 1 N–H and O–H groups in total. The van der Waals surface area contributed by atoms with Crippen molar-refractivity contribution >= 4 is 0 Å². The number of nitrogens with one attached hydrogen (secondary N) is 1. The minimum atomic E-state index is 0.402. The molecule has 2 rings (SSSR count). The van der Waals surface area contributed by atoms with Crippen LogP contribution in [0.3, 0.4) is 0 Å². The molecule has 1 aliphatic heterocycles. The van der Waals surface area contributed by atoms with E-state index in [1.807, 2.05) is 0 Å². The normalized spacial score (nSPS) is 15.6. The zero-order valence-corrected chi connectivity index (χ0v) is 11.5. The first kappa shape index (κ1) is 13.4. The number of methoxy groups -OCH3 is 1. The van der Waals surface area contributed by atoms with Gasteiger partial charge < -0.3 is 14.8 Å². The highest BCUT2D eigenvalue weighted by Gasteiger charge is 2.14. The largest absolute Gasteiger partial charge is 0.493 e. The highest BCUT2D eigenvalue weighted by Crippen LogP contribution is 2.25. The topological polar surface area (TPSA) is 30.5 Å². The first-order valence-corrected chi connectivity index (χ1v) is 6.67. The molecular formula is C15H23NO2. The molecule has 0 saturated heterocycles. The fourth-order valence-corrected chi connectivity index (χ4v) is 2.27. The van der Waals surface area contributed by atoms with Gasteiger partial charge in [-0.1, -0.05) is 26.0 Å². The highest BCUT2D eigenvalue weighted by atomic mass is 16.5. The van der Waals surface area contributed by atoms with Crippen LogP contribution in [0.4, 0.5) is 0 Å². The third-order valence-electron chi connectivity index (χ3n) is 3.47. The Balaban J connectivity index is 1.93. The predicted molar refractivity (Wildman–Crippen MR) is 73.0 cm³/mol. The Bertz CT molecular complexity index is 390. The summed E-state index contributed by atoms with van der Waals surface area (Å²) in [5.74, 6) is 1.62. The van der Waals surface area contributed by atoms with Gasteiger partial charge in [-0.25, -0.2) is 0 Å². The number of hydrogen-bond donors (Lipinski definition) is 1. The van der Waals surface area contributed by atoms with E-state index in [-0.39, 0.29) is 0 Å². The molecule has 0 aromatic heterocycles. The molecule has 0 saturated carbocycles. The van der Waals surface area contributed by atoms with Gasteiger partial charge in [-0.15, -0.1) is 0 Å². The molecule has 0 radical (unpaired) electrons. The average molecular weight is 249 g/mol. The lowest BCUT2D eigenvalue weighted by Crippen LogP contribution is -2.37. The highest BCUT2D eigenvalue weighted by molar-refractivity contribution is 5.39. The van der Waals surface area contributed by atoms with E-state index >= 15 is 0 Å². The van der Waals surface area contributed by atoms with Crippen molar-refractivity contribution in [1.29, 1.82) is 0 Å². The van der Waals surface area contributed by atoms with E-state index in [0.29, 0.717) is 12.0 Å². The molecule has 1 aliphatic rings. The molecule has 100 valence electrons. The predicted octanol–water partition coefficient (Wildman–Crippen LogP) is 2.38. The van der Waals surface area contributed by atoms with E-state index in [2.05, 4.69) is 37.4 Å². The van der Waals surface area contributed by atoms with Gasteiger partial charge in [0.25, 0.3) is 0 Å². The Morgan fingerprint density at radius 1 is 1.39 bits per heavy atom. The van der Waals surface area contributed by atoms with Crippen LogP contribution in [-0.2, 0) is 17.7 Å². The van der Waals surface area contributed by atoms with Crippen molar-refractivity contribution in [3.8, 4) is 5.75 Å². The average Bonchev–Trinajstić information content (AvgIpc) is 2.81. The van der Waals surface area contributed by atoms with E-state index in [9.17, 15) is 0 Å². The maximum absolute atomic E-state index is 5.52. The first-order chi connectivity index (χ1) is 8.70. The zero-order chi connectivity index (χ0) is 13.0. The minimum absolute atomic E-state index is 0.402. The van der Waals surface area contributed by atoms with Gasteiger partial charge in [-0.2, -0.15) is 0 Å². The Morgan fingerprint density at radius 3 is 2.94 bits per heavy atom. The molecule has 1 aromatic rings. The van der Waals surface area contributed by atoms with Crippen molar-refractivity contribution in [1.82, 2.24) is 5.32 Å². The summed E-state index contributed by atoms with van der Waals surface area (Å²) in [6, 6.07) is 6.88. The number of ether oxygens (including phenoxy) is 2. The van der Waals surface area contributed by atoms with Gasteiger partial charge in [0.05, 0.1) is 13.2 Å². The fourth-order valence-electron chi connectivity index (χ4n) is 2.27. The third-order valence-corrected chi connectivity index (χ3v) is 3.47. The van der Waals surface area contributed by atoms with E-state index < -0.39 is 0 Å². The fraction of sp³-hybridized carbons (Fsp3) is 0.600. The first-order valence-electron chi connectivity index (χ1n) is 6.67. The number of benzene rings is 1. The Labute approximate surface area is 109 Å². The zero-order valence-electron chi connectivity index (χ0n) is 11.5. The van der Waals surface area contributed by atoms with Crippen molar-refractivity contribution in [3.63, 3.8) is 0 Å². The van der Waals surface area contributed by atoms with Gasteiger partial charge in [0.15, 0.2) is 0 Å². The second-order valence-electron chi connectivity index (χ2n) is 5.23. The summed E-state index contributed by atoms with van der Waals surface area (Å²) < 4.78 is 10.8. The summed E-state index contributed by atoms with van der Waals surface area (Å²) in [5.41, 5.74) is 2.66. The molecule has 3 nitrogen and oxygen atoms in total.